The van der Waals surface area contributed by atoms with Crippen LogP contribution in [-0.4, -0.2) is 21.7 Å². The van der Waals surface area contributed by atoms with Gasteiger partial charge in [0.25, 0.3) is 0 Å². The minimum Gasteiger partial charge on any atom is -0.346 e. The maximum atomic E-state index is 11.3. The Morgan fingerprint density at radius 2 is 2.53 bits per heavy atom. The highest BCUT2D eigenvalue weighted by Gasteiger charge is 2.29. The van der Waals surface area contributed by atoms with Crippen LogP contribution in [0, 0.1) is 0 Å². The van der Waals surface area contributed by atoms with E-state index in [1.807, 2.05) is 17.7 Å². The molecular weight excluding hydrogens is 192 g/mol. The number of carbonyl (C=O) groups excluding carboxylic acids is 1. The zero-order valence-electron chi connectivity index (χ0n) is 8.81. The van der Waals surface area contributed by atoms with Crippen molar-refractivity contribution < 1.29 is 4.79 Å². The van der Waals surface area contributed by atoms with Crippen molar-refractivity contribution in [2.75, 3.05) is 0 Å². The van der Waals surface area contributed by atoms with E-state index in [0.717, 1.165) is 18.7 Å². The van der Waals surface area contributed by atoms with Gasteiger partial charge in [0.1, 0.15) is 0 Å². The molecule has 2 rings (SSSR count). The Kier molecular flexibility index (Phi) is 2.73. The lowest BCUT2D eigenvalue weighted by Crippen LogP contribution is -2.46. The summed E-state index contributed by atoms with van der Waals surface area (Å²) in [5.41, 5.74) is 7.00. The molecule has 3 N–H and O–H groups in total. The second-order valence-corrected chi connectivity index (χ2v) is 3.82. The summed E-state index contributed by atoms with van der Waals surface area (Å²) >= 11 is 0. The third-order valence-corrected chi connectivity index (χ3v) is 2.82. The lowest BCUT2D eigenvalue weighted by molar-refractivity contribution is -0.123. The molecule has 0 unspecified atom stereocenters. The predicted molar refractivity (Wildman–Crippen MR) is 56.0 cm³/mol. The summed E-state index contributed by atoms with van der Waals surface area (Å²) in [7, 11) is 0. The topological polar surface area (TPSA) is 72.9 Å². The lowest BCUT2D eigenvalue weighted by atomic mass is 9.96. The van der Waals surface area contributed by atoms with Crippen molar-refractivity contribution in [3.05, 3.63) is 18.0 Å². The molecule has 1 fully saturated rings. The van der Waals surface area contributed by atoms with Gasteiger partial charge < -0.3 is 11.1 Å². The molecule has 2 atom stereocenters. The molecule has 1 amide bonds. The van der Waals surface area contributed by atoms with Crippen LogP contribution in [0.1, 0.15) is 31.5 Å². The summed E-state index contributed by atoms with van der Waals surface area (Å²) in [6, 6.07) is 1.82. The molecule has 1 aromatic heterocycles. The largest absolute Gasteiger partial charge is 0.346 e. The molecule has 5 nitrogen and oxygen atoms in total. The SMILES string of the molecule is CCn1nccc1[C@H]1NC(=O)CC[C@@H]1N. The van der Waals surface area contributed by atoms with Crippen molar-refractivity contribution in [1.82, 2.24) is 15.1 Å². The molecule has 1 saturated heterocycles. The van der Waals surface area contributed by atoms with Crippen LogP contribution in [-0.2, 0) is 11.3 Å². The first kappa shape index (κ1) is 10.2. The Labute approximate surface area is 88.6 Å². The number of nitrogens with two attached hydrogens (primary N) is 1. The first-order chi connectivity index (χ1) is 7.22. The van der Waals surface area contributed by atoms with Gasteiger partial charge >= 0.3 is 0 Å². The van der Waals surface area contributed by atoms with Crippen LogP contribution in [0.5, 0.6) is 0 Å². The first-order valence-corrected chi connectivity index (χ1v) is 5.29. The highest BCUT2D eigenvalue weighted by atomic mass is 16.1. The molecule has 0 aromatic carbocycles. The van der Waals surface area contributed by atoms with E-state index >= 15 is 0 Å². The average Bonchev–Trinajstić information content (AvgIpc) is 2.69. The maximum absolute atomic E-state index is 11.3. The van der Waals surface area contributed by atoms with Gasteiger partial charge in [-0.25, -0.2) is 0 Å². The molecule has 82 valence electrons. The fourth-order valence-corrected chi connectivity index (χ4v) is 1.98. The van der Waals surface area contributed by atoms with Gasteiger partial charge in [-0.05, 0) is 19.4 Å². The van der Waals surface area contributed by atoms with Crippen molar-refractivity contribution in [3.63, 3.8) is 0 Å². The molecular formula is C10H16N4O. The van der Waals surface area contributed by atoms with Crippen LogP contribution in [0.25, 0.3) is 0 Å². The maximum Gasteiger partial charge on any atom is 0.220 e. The summed E-state index contributed by atoms with van der Waals surface area (Å²) in [6.45, 7) is 2.81. The van der Waals surface area contributed by atoms with E-state index in [1.54, 1.807) is 6.20 Å². The third-order valence-electron chi connectivity index (χ3n) is 2.82. The van der Waals surface area contributed by atoms with Gasteiger partial charge in [-0.3, -0.25) is 9.48 Å². The zero-order valence-corrected chi connectivity index (χ0v) is 8.81. The monoisotopic (exact) mass is 208 g/mol. The molecule has 5 heteroatoms. The molecule has 1 aromatic rings. The molecule has 0 radical (unpaired) electrons. The molecule has 1 aliphatic rings. The van der Waals surface area contributed by atoms with Gasteiger partial charge in [-0.1, -0.05) is 0 Å². The van der Waals surface area contributed by atoms with E-state index in [0.29, 0.717) is 6.42 Å². The Hall–Kier alpha value is -1.36. The van der Waals surface area contributed by atoms with Crippen LogP contribution in [0.3, 0.4) is 0 Å². The minimum atomic E-state index is -0.0892. The number of piperidine rings is 1. The van der Waals surface area contributed by atoms with E-state index in [4.69, 9.17) is 5.73 Å². The number of rotatable bonds is 2. The van der Waals surface area contributed by atoms with E-state index in [2.05, 4.69) is 10.4 Å². The van der Waals surface area contributed by atoms with Gasteiger partial charge in [0.2, 0.25) is 5.91 Å². The summed E-state index contributed by atoms with van der Waals surface area (Å²) in [5.74, 6) is 0.0746. The van der Waals surface area contributed by atoms with Crippen molar-refractivity contribution in [2.45, 2.75) is 38.4 Å². The average molecular weight is 208 g/mol. The van der Waals surface area contributed by atoms with Crippen LogP contribution in [0.15, 0.2) is 12.3 Å². The summed E-state index contributed by atoms with van der Waals surface area (Å²) < 4.78 is 1.87. The second kappa shape index (κ2) is 4.02. The smallest absolute Gasteiger partial charge is 0.220 e. The fraction of sp³-hybridized carbons (Fsp3) is 0.600. The Morgan fingerprint density at radius 1 is 1.73 bits per heavy atom. The second-order valence-electron chi connectivity index (χ2n) is 3.82. The van der Waals surface area contributed by atoms with Crippen molar-refractivity contribution in [1.29, 1.82) is 0 Å². The molecule has 0 saturated carbocycles. The Balaban J connectivity index is 2.24. The number of carbonyl (C=O) groups is 1. The predicted octanol–water partition coefficient (Wildman–Crippen LogP) is 0.181. The molecule has 15 heavy (non-hydrogen) atoms. The van der Waals surface area contributed by atoms with Crippen LogP contribution in [0.4, 0.5) is 0 Å². The molecule has 2 heterocycles. The van der Waals surface area contributed by atoms with E-state index in [1.165, 1.54) is 0 Å². The quantitative estimate of drug-likeness (QED) is 0.728. The van der Waals surface area contributed by atoms with Crippen LogP contribution >= 0.6 is 0 Å². The van der Waals surface area contributed by atoms with Crippen LogP contribution < -0.4 is 11.1 Å². The van der Waals surface area contributed by atoms with Gasteiger partial charge in [0, 0.05) is 25.2 Å². The number of nitrogens with one attached hydrogen (secondary N) is 1. The fourth-order valence-electron chi connectivity index (χ4n) is 1.98. The standard InChI is InChI=1S/C10H16N4O/c1-2-14-8(5-6-12-14)10-7(11)3-4-9(15)13-10/h5-7,10H,2-4,11H2,1H3,(H,13,15)/t7-,10-/m0/s1. The number of amides is 1. The highest BCUT2D eigenvalue weighted by molar-refractivity contribution is 5.77. The van der Waals surface area contributed by atoms with Gasteiger partial charge in [-0.2, -0.15) is 5.10 Å². The highest BCUT2D eigenvalue weighted by Crippen LogP contribution is 2.22. The van der Waals surface area contributed by atoms with E-state index < -0.39 is 0 Å². The van der Waals surface area contributed by atoms with Gasteiger partial charge in [0.05, 0.1) is 11.7 Å². The third kappa shape index (κ3) is 1.87. The van der Waals surface area contributed by atoms with Gasteiger partial charge in [0.15, 0.2) is 0 Å². The van der Waals surface area contributed by atoms with Crippen molar-refractivity contribution in [2.24, 2.45) is 5.73 Å². The number of nitrogens with zero attached hydrogens (tertiary/aromatic N) is 2. The zero-order chi connectivity index (χ0) is 10.8. The van der Waals surface area contributed by atoms with Gasteiger partial charge in [-0.15, -0.1) is 0 Å². The lowest BCUT2D eigenvalue weighted by Gasteiger charge is -2.29. The number of hydrogen-bond donors (Lipinski definition) is 2. The number of hydrogen-bond acceptors (Lipinski definition) is 3. The summed E-state index contributed by atoms with van der Waals surface area (Å²) in [6.07, 6.45) is 3.01. The van der Waals surface area contributed by atoms with E-state index in [9.17, 15) is 4.79 Å². The minimum absolute atomic E-state index is 0.00954. The molecule has 0 bridgehead atoms. The van der Waals surface area contributed by atoms with Crippen molar-refractivity contribution >= 4 is 5.91 Å². The molecule has 1 aliphatic heterocycles. The Bertz CT molecular complexity index is 360. The number of aromatic nitrogens is 2. The Morgan fingerprint density at radius 3 is 3.27 bits per heavy atom. The normalized spacial score (nSPS) is 26.4. The molecule has 0 spiro atoms. The summed E-state index contributed by atoms with van der Waals surface area (Å²) in [5, 5.41) is 7.10. The van der Waals surface area contributed by atoms with E-state index in [-0.39, 0.29) is 18.0 Å². The summed E-state index contributed by atoms with van der Waals surface area (Å²) in [4.78, 5) is 11.3. The van der Waals surface area contributed by atoms with Crippen LogP contribution in [0.2, 0.25) is 0 Å². The van der Waals surface area contributed by atoms with Crippen molar-refractivity contribution in [3.8, 4) is 0 Å². The first-order valence-electron chi connectivity index (χ1n) is 5.29. The molecule has 0 aliphatic carbocycles. The number of aryl methyl sites for hydroxylation is 1.